The lowest BCUT2D eigenvalue weighted by Gasteiger charge is -2.30. The van der Waals surface area contributed by atoms with Crippen molar-refractivity contribution in [1.29, 1.82) is 0 Å². The van der Waals surface area contributed by atoms with Gasteiger partial charge in [0.2, 0.25) is 5.91 Å². The number of rotatable bonds is 7. The van der Waals surface area contributed by atoms with Gasteiger partial charge in [0.1, 0.15) is 0 Å². The predicted octanol–water partition coefficient (Wildman–Crippen LogP) is 1.31. The Balaban J connectivity index is 2.73. The van der Waals surface area contributed by atoms with E-state index < -0.39 is 0 Å². The first-order valence-corrected chi connectivity index (χ1v) is 6.75. The zero-order valence-electron chi connectivity index (χ0n) is 12.2. The van der Waals surface area contributed by atoms with Crippen LogP contribution in [0.15, 0.2) is 30.3 Å². The molecule has 1 rings (SSSR count). The highest BCUT2D eigenvalue weighted by molar-refractivity contribution is 5.80. The van der Waals surface area contributed by atoms with Crippen LogP contribution in [0.4, 0.5) is 0 Å². The molecule has 1 aromatic carbocycles. The van der Waals surface area contributed by atoms with Crippen molar-refractivity contribution in [3.05, 3.63) is 35.9 Å². The summed E-state index contributed by atoms with van der Waals surface area (Å²) in [6.45, 7) is 4.23. The van der Waals surface area contributed by atoms with Crippen LogP contribution in [0.3, 0.4) is 0 Å². The average Bonchev–Trinajstić information content (AvgIpc) is 2.42. The quantitative estimate of drug-likeness (QED) is 0.807. The van der Waals surface area contributed by atoms with Gasteiger partial charge >= 0.3 is 0 Å². The van der Waals surface area contributed by atoms with Crippen molar-refractivity contribution < 1.29 is 4.79 Å². The lowest BCUT2D eigenvalue weighted by Crippen LogP contribution is -2.45. The summed E-state index contributed by atoms with van der Waals surface area (Å²) in [6, 6.07) is 10.1. The molecule has 0 radical (unpaired) electrons. The van der Waals surface area contributed by atoms with Crippen molar-refractivity contribution in [2.24, 2.45) is 5.73 Å². The molecule has 1 unspecified atom stereocenters. The Morgan fingerprint density at radius 1 is 1.26 bits per heavy atom. The van der Waals surface area contributed by atoms with E-state index in [1.165, 1.54) is 5.56 Å². The second-order valence-electron chi connectivity index (χ2n) is 5.01. The fraction of sp³-hybridized carbons (Fsp3) is 0.533. The summed E-state index contributed by atoms with van der Waals surface area (Å²) in [7, 11) is 3.59. The second kappa shape index (κ2) is 7.92. The van der Waals surface area contributed by atoms with Crippen molar-refractivity contribution in [2.45, 2.75) is 25.9 Å². The normalized spacial score (nSPS) is 12.5. The highest BCUT2D eigenvalue weighted by Crippen LogP contribution is 2.10. The highest BCUT2D eigenvalue weighted by Gasteiger charge is 2.22. The number of carbonyl (C=O) groups excluding carboxylic acids is 1. The first-order valence-electron chi connectivity index (χ1n) is 6.75. The molecule has 19 heavy (non-hydrogen) atoms. The van der Waals surface area contributed by atoms with Crippen molar-refractivity contribution >= 4 is 5.91 Å². The zero-order valence-corrected chi connectivity index (χ0v) is 12.2. The molecule has 1 amide bonds. The van der Waals surface area contributed by atoms with E-state index >= 15 is 0 Å². The Morgan fingerprint density at radius 2 is 1.89 bits per heavy atom. The summed E-state index contributed by atoms with van der Waals surface area (Å²) in [5.74, 6) is 0.132. The molecule has 0 aliphatic heterocycles. The van der Waals surface area contributed by atoms with Crippen molar-refractivity contribution in [1.82, 2.24) is 9.80 Å². The smallest absolute Gasteiger partial charge is 0.239 e. The van der Waals surface area contributed by atoms with Gasteiger partial charge in [0.25, 0.3) is 0 Å². The van der Waals surface area contributed by atoms with E-state index in [1.807, 2.05) is 25.1 Å². The topological polar surface area (TPSA) is 49.6 Å². The van der Waals surface area contributed by atoms with Crippen molar-refractivity contribution in [3.8, 4) is 0 Å². The van der Waals surface area contributed by atoms with E-state index in [-0.39, 0.29) is 11.9 Å². The number of nitrogens with two attached hydrogens (primary N) is 1. The molecular formula is C15H25N3O. The Morgan fingerprint density at radius 3 is 2.42 bits per heavy atom. The Bertz CT molecular complexity index is 378. The van der Waals surface area contributed by atoms with Gasteiger partial charge in [-0.2, -0.15) is 0 Å². The molecule has 0 saturated heterocycles. The van der Waals surface area contributed by atoms with Gasteiger partial charge in [-0.3, -0.25) is 9.69 Å². The third kappa shape index (κ3) is 5.01. The number of amides is 1. The minimum Gasteiger partial charge on any atom is -0.347 e. The molecule has 1 aromatic rings. The van der Waals surface area contributed by atoms with Crippen LogP contribution in [0.5, 0.6) is 0 Å². The fourth-order valence-electron chi connectivity index (χ4n) is 2.05. The first-order chi connectivity index (χ1) is 9.06. The van der Waals surface area contributed by atoms with E-state index in [0.717, 1.165) is 19.5 Å². The van der Waals surface area contributed by atoms with Gasteiger partial charge in [0, 0.05) is 27.2 Å². The summed E-state index contributed by atoms with van der Waals surface area (Å²) < 4.78 is 0. The molecule has 0 saturated carbocycles. The zero-order chi connectivity index (χ0) is 14.3. The van der Waals surface area contributed by atoms with Gasteiger partial charge in [0.05, 0.1) is 6.04 Å². The maximum atomic E-state index is 12.1. The summed E-state index contributed by atoms with van der Waals surface area (Å²) >= 11 is 0. The number of nitrogens with zero attached hydrogens (tertiary/aromatic N) is 2. The van der Waals surface area contributed by atoms with Crippen LogP contribution in [-0.4, -0.2) is 48.9 Å². The van der Waals surface area contributed by atoms with Gasteiger partial charge in [-0.05, 0) is 25.5 Å². The van der Waals surface area contributed by atoms with Crippen molar-refractivity contribution in [3.63, 3.8) is 0 Å². The van der Waals surface area contributed by atoms with Gasteiger partial charge in [-0.15, -0.1) is 0 Å². The van der Waals surface area contributed by atoms with E-state index in [4.69, 9.17) is 5.73 Å². The minimum atomic E-state index is -0.123. The Hall–Kier alpha value is -1.39. The standard InChI is InChI=1S/C15H25N3O/c1-13(15(19)17(2)3)18(11-7-10-16)12-14-8-5-4-6-9-14/h4-6,8-9,13H,7,10-12,16H2,1-3H3. The molecule has 0 aliphatic carbocycles. The lowest BCUT2D eigenvalue weighted by molar-refractivity contribution is -0.134. The molecule has 0 spiro atoms. The minimum absolute atomic E-state index is 0.123. The third-order valence-electron chi connectivity index (χ3n) is 3.22. The molecule has 0 fully saturated rings. The second-order valence-corrected chi connectivity index (χ2v) is 5.01. The van der Waals surface area contributed by atoms with Crippen LogP contribution in [-0.2, 0) is 11.3 Å². The Labute approximate surface area is 116 Å². The number of carbonyl (C=O) groups is 1. The summed E-state index contributed by atoms with van der Waals surface area (Å²) in [6.07, 6.45) is 0.901. The van der Waals surface area contributed by atoms with Crippen LogP contribution in [0, 0.1) is 0 Å². The van der Waals surface area contributed by atoms with Gasteiger partial charge < -0.3 is 10.6 Å². The number of hydrogen-bond donors (Lipinski definition) is 1. The Kier molecular flexibility index (Phi) is 6.53. The number of benzene rings is 1. The van der Waals surface area contributed by atoms with E-state index in [0.29, 0.717) is 6.54 Å². The third-order valence-corrected chi connectivity index (χ3v) is 3.22. The van der Waals surface area contributed by atoms with Crippen LogP contribution in [0.25, 0.3) is 0 Å². The molecule has 4 nitrogen and oxygen atoms in total. The molecule has 106 valence electrons. The number of hydrogen-bond acceptors (Lipinski definition) is 3. The van der Waals surface area contributed by atoms with E-state index in [2.05, 4.69) is 17.0 Å². The van der Waals surface area contributed by atoms with Crippen LogP contribution in [0.1, 0.15) is 18.9 Å². The first kappa shape index (κ1) is 15.7. The maximum absolute atomic E-state index is 12.1. The largest absolute Gasteiger partial charge is 0.347 e. The monoisotopic (exact) mass is 263 g/mol. The van der Waals surface area contributed by atoms with Crippen molar-refractivity contribution in [2.75, 3.05) is 27.2 Å². The summed E-state index contributed by atoms with van der Waals surface area (Å²) in [4.78, 5) is 15.9. The SMILES string of the molecule is CC(C(=O)N(C)C)N(CCCN)Cc1ccccc1. The molecule has 0 aromatic heterocycles. The molecule has 0 heterocycles. The molecule has 0 bridgehead atoms. The van der Waals surface area contributed by atoms with E-state index in [9.17, 15) is 4.79 Å². The van der Waals surface area contributed by atoms with Gasteiger partial charge in [0.15, 0.2) is 0 Å². The maximum Gasteiger partial charge on any atom is 0.239 e. The number of likely N-dealkylation sites (N-methyl/N-ethyl adjacent to an activating group) is 1. The predicted molar refractivity (Wildman–Crippen MR) is 78.7 cm³/mol. The summed E-state index contributed by atoms with van der Waals surface area (Å²) in [5.41, 5.74) is 6.80. The average molecular weight is 263 g/mol. The van der Waals surface area contributed by atoms with Gasteiger partial charge in [-0.25, -0.2) is 0 Å². The molecule has 1 atom stereocenters. The highest BCUT2D eigenvalue weighted by atomic mass is 16.2. The molecule has 2 N–H and O–H groups in total. The fourth-order valence-corrected chi connectivity index (χ4v) is 2.05. The molecular weight excluding hydrogens is 238 g/mol. The van der Waals surface area contributed by atoms with Crippen LogP contribution < -0.4 is 5.73 Å². The van der Waals surface area contributed by atoms with Crippen LogP contribution >= 0.6 is 0 Å². The lowest BCUT2D eigenvalue weighted by atomic mass is 10.1. The van der Waals surface area contributed by atoms with E-state index in [1.54, 1.807) is 19.0 Å². The van der Waals surface area contributed by atoms with Crippen LogP contribution in [0.2, 0.25) is 0 Å². The molecule has 4 heteroatoms. The molecule has 0 aliphatic rings. The van der Waals surface area contributed by atoms with Gasteiger partial charge in [-0.1, -0.05) is 30.3 Å². The summed E-state index contributed by atoms with van der Waals surface area (Å²) in [5, 5.41) is 0.